The summed E-state index contributed by atoms with van der Waals surface area (Å²) in [4.78, 5) is 17.5. The number of fused-ring (bicyclic) bond motifs is 1. The number of aromatic nitrogens is 1. The van der Waals surface area contributed by atoms with Crippen LogP contribution in [0.3, 0.4) is 0 Å². The summed E-state index contributed by atoms with van der Waals surface area (Å²) in [7, 11) is 0. The number of amides is 1. The van der Waals surface area contributed by atoms with Crippen molar-refractivity contribution in [1.29, 1.82) is 0 Å². The third-order valence-corrected chi connectivity index (χ3v) is 5.63. The Bertz CT molecular complexity index is 1310. The van der Waals surface area contributed by atoms with Gasteiger partial charge in [0.25, 0.3) is 5.91 Å². The minimum Gasteiger partial charge on any atom is -0.478 e. The Labute approximate surface area is 200 Å². The lowest BCUT2D eigenvalue weighted by atomic mass is 10.1. The molecule has 1 heterocycles. The zero-order chi connectivity index (χ0) is 23.0. The fourth-order valence-corrected chi connectivity index (χ4v) is 3.74. The molecule has 1 amide bonds. The van der Waals surface area contributed by atoms with E-state index < -0.39 is 5.60 Å². The molecule has 0 radical (unpaired) electrons. The number of hydrogen-bond donors (Lipinski definition) is 1. The van der Waals surface area contributed by atoms with Crippen molar-refractivity contribution in [2.45, 2.75) is 26.4 Å². The number of benzene rings is 3. The molecule has 1 N–H and O–H groups in total. The van der Waals surface area contributed by atoms with Crippen LogP contribution in [0.1, 0.15) is 19.4 Å². The smallest absolute Gasteiger partial charge is 0.267 e. The zero-order valence-electron chi connectivity index (χ0n) is 17.5. The van der Waals surface area contributed by atoms with Crippen LogP contribution in [0.2, 0.25) is 15.1 Å². The molecule has 0 spiro atoms. The van der Waals surface area contributed by atoms with Gasteiger partial charge in [-0.1, -0.05) is 40.9 Å². The van der Waals surface area contributed by atoms with E-state index in [4.69, 9.17) is 44.0 Å². The number of hydrogen-bond acceptors (Lipinski definition) is 4. The van der Waals surface area contributed by atoms with Crippen LogP contribution in [0.5, 0.6) is 5.75 Å². The second-order valence-corrected chi connectivity index (χ2v) is 9.09. The van der Waals surface area contributed by atoms with Gasteiger partial charge >= 0.3 is 0 Å². The van der Waals surface area contributed by atoms with Crippen molar-refractivity contribution < 1.29 is 13.9 Å². The van der Waals surface area contributed by atoms with Gasteiger partial charge in [-0.25, -0.2) is 4.98 Å². The standard InChI is InChI=1S/C24H19Cl3N2O3/c1-13-4-5-14(22-28-20-12-16(26)11-18(27)21(20)31-22)10-19(13)29-23(30)24(2,3)32-17-8-6-15(25)7-9-17/h4-12H,1-3H3,(H,29,30). The molecule has 3 aromatic carbocycles. The molecule has 0 aliphatic heterocycles. The second-order valence-electron chi connectivity index (χ2n) is 7.80. The van der Waals surface area contributed by atoms with Crippen molar-refractivity contribution >= 4 is 57.5 Å². The Kier molecular flexibility index (Phi) is 6.08. The Hall–Kier alpha value is -2.73. The van der Waals surface area contributed by atoms with Gasteiger partial charge in [0.2, 0.25) is 5.89 Å². The van der Waals surface area contributed by atoms with Gasteiger partial charge in [0.15, 0.2) is 11.2 Å². The highest BCUT2D eigenvalue weighted by molar-refractivity contribution is 6.38. The van der Waals surface area contributed by atoms with Crippen molar-refractivity contribution in [3.63, 3.8) is 0 Å². The Morgan fingerprint density at radius 3 is 2.44 bits per heavy atom. The number of carbonyl (C=O) groups excluding carboxylic acids is 1. The van der Waals surface area contributed by atoms with Gasteiger partial charge in [-0.05, 0) is 74.9 Å². The van der Waals surface area contributed by atoms with Gasteiger partial charge in [-0.2, -0.15) is 0 Å². The maximum Gasteiger partial charge on any atom is 0.267 e. The predicted molar refractivity (Wildman–Crippen MR) is 129 cm³/mol. The zero-order valence-corrected chi connectivity index (χ0v) is 19.8. The third-order valence-electron chi connectivity index (χ3n) is 4.88. The first-order valence-corrected chi connectivity index (χ1v) is 10.9. The molecule has 32 heavy (non-hydrogen) atoms. The summed E-state index contributed by atoms with van der Waals surface area (Å²) in [5.41, 5.74) is 2.06. The van der Waals surface area contributed by atoms with Crippen molar-refractivity contribution in [3.05, 3.63) is 75.2 Å². The number of anilines is 1. The van der Waals surface area contributed by atoms with E-state index >= 15 is 0 Å². The number of ether oxygens (including phenoxy) is 1. The maximum atomic E-state index is 13.0. The summed E-state index contributed by atoms with van der Waals surface area (Å²) in [6.45, 7) is 5.29. The van der Waals surface area contributed by atoms with Crippen LogP contribution >= 0.6 is 34.8 Å². The number of aryl methyl sites for hydroxylation is 1. The summed E-state index contributed by atoms with van der Waals surface area (Å²) >= 11 is 18.2. The number of oxazole rings is 1. The van der Waals surface area contributed by atoms with E-state index in [0.717, 1.165) is 5.56 Å². The first kappa shape index (κ1) is 22.5. The van der Waals surface area contributed by atoms with Crippen LogP contribution in [-0.4, -0.2) is 16.5 Å². The summed E-state index contributed by atoms with van der Waals surface area (Å²) in [5, 5.41) is 4.39. The normalized spacial score (nSPS) is 11.6. The monoisotopic (exact) mass is 488 g/mol. The number of halogens is 3. The van der Waals surface area contributed by atoms with E-state index in [1.807, 2.05) is 19.1 Å². The molecule has 0 aliphatic rings. The van der Waals surface area contributed by atoms with E-state index in [1.54, 1.807) is 56.3 Å². The number of rotatable bonds is 5. The average Bonchev–Trinajstić information content (AvgIpc) is 3.15. The van der Waals surface area contributed by atoms with Crippen LogP contribution in [-0.2, 0) is 4.79 Å². The molecule has 4 aromatic rings. The summed E-state index contributed by atoms with van der Waals surface area (Å²) in [6.07, 6.45) is 0. The molecule has 164 valence electrons. The first-order chi connectivity index (χ1) is 15.1. The van der Waals surface area contributed by atoms with Crippen LogP contribution in [0.25, 0.3) is 22.6 Å². The Morgan fingerprint density at radius 2 is 1.72 bits per heavy atom. The van der Waals surface area contributed by atoms with Crippen LogP contribution < -0.4 is 10.1 Å². The van der Waals surface area contributed by atoms with Crippen molar-refractivity contribution in [3.8, 4) is 17.2 Å². The summed E-state index contributed by atoms with van der Waals surface area (Å²) in [6, 6.07) is 15.7. The maximum absolute atomic E-state index is 13.0. The summed E-state index contributed by atoms with van der Waals surface area (Å²) in [5.74, 6) is 0.610. The number of nitrogens with zero attached hydrogens (tertiary/aromatic N) is 1. The first-order valence-electron chi connectivity index (χ1n) is 9.75. The molecule has 4 rings (SSSR count). The molecule has 0 unspecified atom stereocenters. The van der Waals surface area contributed by atoms with E-state index in [-0.39, 0.29) is 5.91 Å². The fraction of sp³-hybridized carbons (Fsp3) is 0.167. The summed E-state index contributed by atoms with van der Waals surface area (Å²) < 4.78 is 11.7. The lowest BCUT2D eigenvalue weighted by Crippen LogP contribution is -2.42. The molecule has 5 nitrogen and oxygen atoms in total. The van der Waals surface area contributed by atoms with E-state index in [1.165, 1.54) is 0 Å². The van der Waals surface area contributed by atoms with Crippen molar-refractivity contribution in [2.75, 3.05) is 5.32 Å². The minimum absolute atomic E-state index is 0.305. The molecule has 0 saturated heterocycles. The molecule has 0 fully saturated rings. The van der Waals surface area contributed by atoms with E-state index in [2.05, 4.69) is 10.3 Å². The van der Waals surface area contributed by atoms with Gasteiger partial charge in [0.05, 0.1) is 5.02 Å². The molecular weight excluding hydrogens is 471 g/mol. The predicted octanol–water partition coefficient (Wildman–Crippen LogP) is 7.56. The van der Waals surface area contributed by atoms with Gasteiger partial charge < -0.3 is 14.5 Å². The average molecular weight is 490 g/mol. The third kappa shape index (κ3) is 4.70. The highest BCUT2D eigenvalue weighted by Gasteiger charge is 2.30. The Balaban J connectivity index is 1.59. The molecule has 0 aliphatic carbocycles. The van der Waals surface area contributed by atoms with Gasteiger partial charge in [0, 0.05) is 21.3 Å². The lowest BCUT2D eigenvalue weighted by Gasteiger charge is -2.26. The second kappa shape index (κ2) is 8.66. The molecule has 0 saturated carbocycles. The highest BCUT2D eigenvalue weighted by Crippen LogP contribution is 2.33. The van der Waals surface area contributed by atoms with Crippen LogP contribution in [0, 0.1) is 6.92 Å². The van der Waals surface area contributed by atoms with Gasteiger partial charge in [0.1, 0.15) is 11.3 Å². The van der Waals surface area contributed by atoms with Crippen LogP contribution in [0.15, 0.2) is 59.0 Å². The largest absolute Gasteiger partial charge is 0.478 e. The molecule has 8 heteroatoms. The number of carbonyl (C=O) groups is 1. The Morgan fingerprint density at radius 1 is 1.00 bits per heavy atom. The van der Waals surface area contributed by atoms with E-state index in [9.17, 15) is 4.79 Å². The van der Waals surface area contributed by atoms with E-state index in [0.29, 0.717) is 49.1 Å². The molecule has 0 bridgehead atoms. The topological polar surface area (TPSA) is 64.4 Å². The van der Waals surface area contributed by atoms with Gasteiger partial charge in [-0.3, -0.25) is 4.79 Å². The number of nitrogens with one attached hydrogen (secondary N) is 1. The lowest BCUT2D eigenvalue weighted by molar-refractivity contribution is -0.128. The molecule has 1 aromatic heterocycles. The fourth-order valence-electron chi connectivity index (χ4n) is 3.09. The van der Waals surface area contributed by atoms with Crippen LogP contribution in [0.4, 0.5) is 5.69 Å². The minimum atomic E-state index is -1.13. The SMILES string of the molecule is Cc1ccc(-c2nc3cc(Cl)cc(Cl)c3o2)cc1NC(=O)C(C)(C)Oc1ccc(Cl)cc1. The van der Waals surface area contributed by atoms with Crippen molar-refractivity contribution in [1.82, 2.24) is 4.98 Å². The van der Waals surface area contributed by atoms with Crippen molar-refractivity contribution in [2.24, 2.45) is 0 Å². The molecule has 0 atom stereocenters. The van der Waals surface area contributed by atoms with Gasteiger partial charge in [-0.15, -0.1) is 0 Å². The molecular formula is C24H19Cl3N2O3. The highest BCUT2D eigenvalue weighted by atomic mass is 35.5. The quantitative estimate of drug-likeness (QED) is 0.314.